The average molecular weight is 454 g/mol. The summed E-state index contributed by atoms with van der Waals surface area (Å²) in [4.78, 5) is 12.1. The van der Waals surface area contributed by atoms with Gasteiger partial charge in [0.1, 0.15) is 5.75 Å². The van der Waals surface area contributed by atoms with Crippen LogP contribution in [0.5, 0.6) is 5.75 Å². The third-order valence-electron chi connectivity index (χ3n) is 4.80. The van der Waals surface area contributed by atoms with Crippen molar-refractivity contribution in [2.45, 2.75) is 27.2 Å². The number of benzene rings is 2. The van der Waals surface area contributed by atoms with Crippen molar-refractivity contribution in [3.05, 3.63) is 81.1 Å². The zero-order valence-corrected chi connectivity index (χ0v) is 18.6. The molecule has 0 aliphatic heterocycles. The smallest absolute Gasteiger partial charge is 0.244 e. The molecule has 0 aliphatic carbocycles. The highest BCUT2D eigenvalue weighted by Gasteiger charge is 2.10. The number of nitrogens with zero attached hydrogens (tertiary/aromatic N) is 2. The largest absolute Gasteiger partial charge is 0.497 e. The van der Waals surface area contributed by atoms with Crippen LogP contribution in [-0.2, 0) is 11.2 Å². The van der Waals surface area contributed by atoms with Gasteiger partial charge in [0.15, 0.2) is 0 Å². The Hall–Kier alpha value is -2.86. The third kappa shape index (κ3) is 4.95. The fraction of sp³-hybridized carbons (Fsp3) is 0.217. The molecule has 0 saturated carbocycles. The Kier molecular flexibility index (Phi) is 6.54. The lowest BCUT2D eigenvalue weighted by molar-refractivity contribution is -0.120. The predicted octanol–water partition coefficient (Wildman–Crippen LogP) is 4.87. The first-order valence-electron chi connectivity index (χ1n) is 9.29. The lowest BCUT2D eigenvalue weighted by atomic mass is 10.1. The number of rotatable bonds is 6. The summed E-state index contributed by atoms with van der Waals surface area (Å²) in [6.45, 7) is 6.16. The lowest BCUT2D eigenvalue weighted by Gasteiger charge is -2.11. The molecule has 1 amide bonds. The second kappa shape index (κ2) is 9.09. The number of nitrogens with one attached hydrogen (secondary N) is 1. The minimum Gasteiger partial charge on any atom is -0.497 e. The van der Waals surface area contributed by atoms with Crippen molar-refractivity contribution < 1.29 is 9.53 Å². The average Bonchev–Trinajstić information content (AvgIpc) is 2.98. The molecule has 0 unspecified atom stereocenters. The summed E-state index contributed by atoms with van der Waals surface area (Å²) in [5, 5.41) is 4.14. The molecule has 0 fully saturated rings. The highest BCUT2D eigenvalue weighted by Crippen LogP contribution is 2.24. The van der Waals surface area contributed by atoms with Gasteiger partial charge < -0.3 is 9.30 Å². The fourth-order valence-electron chi connectivity index (χ4n) is 3.18. The predicted molar refractivity (Wildman–Crippen MR) is 120 cm³/mol. The summed E-state index contributed by atoms with van der Waals surface area (Å²) < 4.78 is 8.37. The molecule has 1 N–H and O–H groups in total. The zero-order chi connectivity index (χ0) is 21.0. The summed E-state index contributed by atoms with van der Waals surface area (Å²) in [6.07, 6.45) is 1.95. The van der Waals surface area contributed by atoms with Crippen LogP contribution in [0.15, 0.2) is 58.1 Å². The summed E-state index contributed by atoms with van der Waals surface area (Å²) in [5.41, 5.74) is 8.91. The van der Waals surface area contributed by atoms with Gasteiger partial charge in [-0.25, -0.2) is 5.43 Å². The van der Waals surface area contributed by atoms with Crippen molar-refractivity contribution >= 4 is 28.1 Å². The number of aromatic nitrogens is 1. The number of methoxy groups -OCH3 is 1. The molecule has 1 aromatic heterocycles. The number of hydrogen-bond donors (Lipinski definition) is 1. The SMILES string of the molecule is COc1ccc(CC(=O)N/N=C/c2cc(C)n(-c3ccc(C)c(Br)c3)c2C)cc1. The van der Waals surface area contributed by atoms with Crippen molar-refractivity contribution in [3.8, 4) is 11.4 Å². The first kappa shape index (κ1) is 20.9. The van der Waals surface area contributed by atoms with Gasteiger partial charge in [0.2, 0.25) is 5.91 Å². The summed E-state index contributed by atoms with van der Waals surface area (Å²) >= 11 is 3.60. The Morgan fingerprint density at radius 2 is 1.86 bits per heavy atom. The van der Waals surface area contributed by atoms with E-state index in [1.165, 1.54) is 5.56 Å². The van der Waals surface area contributed by atoms with E-state index < -0.39 is 0 Å². The minimum atomic E-state index is -0.164. The monoisotopic (exact) mass is 453 g/mol. The van der Waals surface area contributed by atoms with Gasteiger partial charge in [-0.3, -0.25) is 4.79 Å². The van der Waals surface area contributed by atoms with Crippen molar-refractivity contribution in [3.63, 3.8) is 0 Å². The molecule has 0 saturated heterocycles. The van der Waals surface area contributed by atoms with Crippen molar-refractivity contribution in [2.75, 3.05) is 7.11 Å². The van der Waals surface area contributed by atoms with Gasteiger partial charge in [-0.2, -0.15) is 5.10 Å². The maximum absolute atomic E-state index is 12.1. The number of amides is 1. The van der Waals surface area contributed by atoms with E-state index in [0.717, 1.165) is 38.4 Å². The fourth-order valence-corrected chi connectivity index (χ4v) is 3.55. The van der Waals surface area contributed by atoms with Crippen molar-refractivity contribution in [1.29, 1.82) is 0 Å². The Balaban J connectivity index is 1.69. The van der Waals surface area contributed by atoms with E-state index in [1.807, 2.05) is 31.2 Å². The Morgan fingerprint density at radius 1 is 1.14 bits per heavy atom. The molecule has 150 valence electrons. The van der Waals surface area contributed by atoms with E-state index in [4.69, 9.17) is 4.74 Å². The number of hydrogen-bond acceptors (Lipinski definition) is 3. The molecule has 5 nitrogen and oxygen atoms in total. The first-order valence-corrected chi connectivity index (χ1v) is 10.1. The molecule has 3 rings (SSSR count). The van der Waals surface area contributed by atoms with Gasteiger partial charge in [-0.05, 0) is 62.2 Å². The topological polar surface area (TPSA) is 55.6 Å². The molecular weight excluding hydrogens is 430 g/mol. The van der Waals surface area contributed by atoms with Gasteiger partial charge in [-0.15, -0.1) is 0 Å². The highest BCUT2D eigenvalue weighted by molar-refractivity contribution is 9.10. The van der Waals surface area contributed by atoms with Gasteiger partial charge in [0, 0.05) is 27.1 Å². The van der Waals surface area contributed by atoms with E-state index in [1.54, 1.807) is 13.3 Å². The summed E-state index contributed by atoms with van der Waals surface area (Å²) in [6, 6.07) is 15.8. The van der Waals surface area contributed by atoms with Gasteiger partial charge in [0.25, 0.3) is 0 Å². The summed E-state index contributed by atoms with van der Waals surface area (Å²) in [5.74, 6) is 0.603. The van der Waals surface area contributed by atoms with Crippen LogP contribution in [0.4, 0.5) is 0 Å². The number of halogens is 1. The van der Waals surface area contributed by atoms with E-state index in [0.29, 0.717) is 0 Å². The first-order chi connectivity index (χ1) is 13.9. The lowest BCUT2D eigenvalue weighted by Crippen LogP contribution is -2.19. The molecule has 0 aliphatic rings. The second-order valence-electron chi connectivity index (χ2n) is 6.91. The molecule has 6 heteroatoms. The van der Waals surface area contributed by atoms with Crippen LogP contribution >= 0.6 is 15.9 Å². The zero-order valence-electron chi connectivity index (χ0n) is 17.0. The normalized spacial score (nSPS) is 11.1. The molecule has 0 spiro atoms. The van der Waals surface area contributed by atoms with Crippen LogP contribution in [0.3, 0.4) is 0 Å². The van der Waals surface area contributed by atoms with Crippen molar-refractivity contribution in [1.82, 2.24) is 9.99 Å². The van der Waals surface area contributed by atoms with E-state index in [-0.39, 0.29) is 12.3 Å². The molecular formula is C23H24BrN3O2. The van der Waals surface area contributed by atoms with Crippen LogP contribution in [0.25, 0.3) is 5.69 Å². The number of carbonyl (C=O) groups excluding carboxylic acids is 1. The second-order valence-corrected chi connectivity index (χ2v) is 7.77. The van der Waals surface area contributed by atoms with Crippen LogP contribution in [0.2, 0.25) is 0 Å². The van der Waals surface area contributed by atoms with Crippen LogP contribution < -0.4 is 10.2 Å². The third-order valence-corrected chi connectivity index (χ3v) is 5.65. The molecule has 0 radical (unpaired) electrons. The molecule has 1 heterocycles. The van der Waals surface area contributed by atoms with Crippen LogP contribution in [0.1, 0.15) is 28.1 Å². The molecule has 0 bridgehead atoms. The van der Waals surface area contributed by atoms with Gasteiger partial charge in [-0.1, -0.05) is 34.1 Å². The van der Waals surface area contributed by atoms with Crippen molar-refractivity contribution in [2.24, 2.45) is 5.10 Å². The molecule has 2 aromatic carbocycles. The number of carbonyl (C=O) groups is 1. The molecule has 29 heavy (non-hydrogen) atoms. The van der Waals surface area contributed by atoms with Crippen LogP contribution in [-0.4, -0.2) is 23.8 Å². The Morgan fingerprint density at radius 3 is 2.52 bits per heavy atom. The van der Waals surface area contributed by atoms with Crippen LogP contribution in [0, 0.1) is 20.8 Å². The van der Waals surface area contributed by atoms with E-state index >= 15 is 0 Å². The number of aryl methyl sites for hydroxylation is 2. The minimum absolute atomic E-state index is 0.164. The van der Waals surface area contributed by atoms with E-state index in [2.05, 4.69) is 69.1 Å². The standard InChI is InChI=1S/C23H24BrN3O2/c1-15-5-8-20(13-22(15)24)27-16(2)11-19(17(27)3)14-25-26-23(28)12-18-6-9-21(29-4)10-7-18/h5-11,13-14H,12H2,1-4H3,(H,26,28)/b25-14+. The number of hydrazone groups is 1. The van der Waals surface area contributed by atoms with E-state index in [9.17, 15) is 4.79 Å². The maximum atomic E-state index is 12.1. The Bertz CT molecular complexity index is 1050. The number of ether oxygens (including phenoxy) is 1. The Labute approximate surface area is 179 Å². The molecule has 3 aromatic rings. The van der Waals surface area contributed by atoms with Gasteiger partial charge in [0.05, 0.1) is 19.7 Å². The molecule has 0 atom stereocenters. The quantitative estimate of drug-likeness (QED) is 0.427. The highest BCUT2D eigenvalue weighted by atomic mass is 79.9. The summed E-state index contributed by atoms with van der Waals surface area (Å²) in [7, 11) is 1.62. The van der Waals surface area contributed by atoms with Gasteiger partial charge >= 0.3 is 0 Å². The maximum Gasteiger partial charge on any atom is 0.244 e.